The van der Waals surface area contributed by atoms with Crippen LogP contribution in [0.2, 0.25) is 5.02 Å². The summed E-state index contributed by atoms with van der Waals surface area (Å²) < 4.78 is 6.58. The monoisotopic (exact) mass is 381 g/mol. The van der Waals surface area contributed by atoms with E-state index >= 15 is 0 Å². The van der Waals surface area contributed by atoms with Crippen molar-refractivity contribution in [2.75, 3.05) is 13.2 Å². The van der Waals surface area contributed by atoms with E-state index in [0.717, 1.165) is 26.4 Å². The van der Waals surface area contributed by atoms with E-state index in [1.54, 1.807) is 6.07 Å². The van der Waals surface area contributed by atoms with Crippen molar-refractivity contribution in [3.8, 4) is 5.75 Å². The van der Waals surface area contributed by atoms with Crippen molar-refractivity contribution in [3.63, 3.8) is 0 Å². The van der Waals surface area contributed by atoms with E-state index < -0.39 is 0 Å². The second kappa shape index (κ2) is 8.20. The standard InChI is InChI=1S/C17H17BrClNO2/c1-12-10-15(6-7-16(12)19)22-9-8-20-17(21)11-13-2-4-14(18)5-3-13/h2-7,10H,8-9,11H2,1H3,(H,20,21). The number of benzene rings is 2. The van der Waals surface area contributed by atoms with Crippen molar-refractivity contribution in [1.82, 2.24) is 5.32 Å². The summed E-state index contributed by atoms with van der Waals surface area (Å²) in [5, 5.41) is 3.56. The van der Waals surface area contributed by atoms with Gasteiger partial charge in [-0.3, -0.25) is 4.79 Å². The highest BCUT2D eigenvalue weighted by molar-refractivity contribution is 9.10. The van der Waals surface area contributed by atoms with Gasteiger partial charge in [0.2, 0.25) is 5.91 Å². The molecule has 0 bridgehead atoms. The summed E-state index contributed by atoms with van der Waals surface area (Å²) in [4.78, 5) is 11.8. The molecule has 116 valence electrons. The molecule has 0 aromatic heterocycles. The second-order valence-corrected chi connectivity index (χ2v) is 6.24. The molecule has 0 aliphatic heterocycles. The molecule has 0 aliphatic rings. The number of aryl methyl sites for hydroxylation is 1. The molecule has 2 aromatic carbocycles. The first-order valence-electron chi connectivity index (χ1n) is 6.94. The molecule has 0 spiro atoms. The zero-order chi connectivity index (χ0) is 15.9. The summed E-state index contributed by atoms with van der Waals surface area (Å²) in [7, 11) is 0. The van der Waals surface area contributed by atoms with Crippen LogP contribution in [-0.2, 0) is 11.2 Å². The minimum absolute atomic E-state index is 0.0155. The molecule has 2 aromatic rings. The first-order chi connectivity index (χ1) is 10.5. The van der Waals surface area contributed by atoms with Gasteiger partial charge in [0.05, 0.1) is 13.0 Å². The molecule has 2 rings (SSSR count). The van der Waals surface area contributed by atoms with E-state index in [2.05, 4.69) is 21.2 Å². The van der Waals surface area contributed by atoms with Gasteiger partial charge in [0.15, 0.2) is 0 Å². The molecule has 1 N–H and O–H groups in total. The lowest BCUT2D eigenvalue weighted by atomic mass is 10.1. The van der Waals surface area contributed by atoms with Crippen LogP contribution in [0.1, 0.15) is 11.1 Å². The molecular formula is C17H17BrClNO2. The van der Waals surface area contributed by atoms with Crippen molar-refractivity contribution in [2.24, 2.45) is 0 Å². The zero-order valence-corrected chi connectivity index (χ0v) is 14.6. The number of carbonyl (C=O) groups is 1. The lowest BCUT2D eigenvalue weighted by molar-refractivity contribution is -0.120. The van der Waals surface area contributed by atoms with E-state index in [0.29, 0.717) is 19.6 Å². The first-order valence-corrected chi connectivity index (χ1v) is 8.12. The van der Waals surface area contributed by atoms with Crippen LogP contribution in [-0.4, -0.2) is 19.1 Å². The molecule has 22 heavy (non-hydrogen) atoms. The predicted molar refractivity (Wildman–Crippen MR) is 92.5 cm³/mol. The molecule has 0 heterocycles. The summed E-state index contributed by atoms with van der Waals surface area (Å²) >= 11 is 9.32. The molecule has 1 amide bonds. The lowest BCUT2D eigenvalue weighted by Crippen LogP contribution is -2.29. The molecule has 0 atom stereocenters. The fourth-order valence-electron chi connectivity index (χ4n) is 1.92. The van der Waals surface area contributed by atoms with Crippen molar-refractivity contribution in [2.45, 2.75) is 13.3 Å². The van der Waals surface area contributed by atoms with Crippen LogP contribution in [0.3, 0.4) is 0 Å². The third-order valence-corrected chi connectivity index (χ3v) is 4.05. The van der Waals surface area contributed by atoms with Crippen LogP contribution >= 0.6 is 27.5 Å². The van der Waals surface area contributed by atoms with Crippen LogP contribution in [0, 0.1) is 6.92 Å². The molecule has 3 nitrogen and oxygen atoms in total. The van der Waals surface area contributed by atoms with Crippen molar-refractivity contribution < 1.29 is 9.53 Å². The average Bonchev–Trinajstić information content (AvgIpc) is 2.49. The van der Waals surface area contributed by atoms with Crippen LogP contribution in [0.5, 0.6) is 5.75 Å². The van der Waals surface area contributed by atoms with Gasteiger partial charge >= 0.3 is 0 Å². The number of ether oxygens (including phenoxy) is 1. The molecular weight excluding hydrogens is 366 g/mol. The fraction of sp³-hybridized carbons (Fsp3) is 0.235. The van der Waals surface area contributed by atoms with Crippen molar-refractivity contribution in [1.29, 1.82) is 0 Å². The number of hydrogen-bond acceptors (Lipinski definition) is 2. The van der Waals surface area contributed by atoms with Crippen molar-refractivity contribution >= 4 is 33.4 Å². The van der Waals surface area contributed by atoms with E-state index in [9.17, 15) is 4.79 Å². The number of rotatable bonds is 6. The molecule has 0 fully saturated rings. The van der Waals surface area contributed by atoms with E-state index in [4.69, 9.17) is 16.3 Å². The molecule has 0 radical (unpaired) electrons. The Kier molecular flexibility index (Phi) is 6.28. The van der Waals surface area contributed by atoms with E-state index in [1.807, 2.05) is 43.3 Å². The minimum Gasteiger partial charge on any atom is -0.492 e. The third kappa shape index (κ3) is 5.35. The molecule has 5 heteroatoms. The Morgan fingerprint density at radius 1 is 1.23 bits per heavy atom. The number of hydrogen-bond donors (Lipinski definition) is 1. The Bertz CT molecular complexity index is 644. The average molecular weight is 383 g/mol. The number of halogens is 2. The largest absolute Gasteiger partial charge is 0.492 e. The van der Waals surface area contributed by atoms with Gasteiger partial charge in [0.25, 0.3) is 0 Å². The highest BCUT2D eigenvalue weighted by Gasteiger charge is 2.03. The highest BCUT2D eigenvalue weighted by Crippen LogP contribution is 2.20. The lowest BCUT2D eigenvalue weighted by Gasteiger charge is -2.09. The molecule has 0 aliphatic carbocycles. The maximum Gasteiger partial charge on any atom is 0.224 e. The van der Waals surface area contributed by atoms with Crippen LogP contribution < -0.4 is 10.1 Å². The Morgan fingerprint density at radius 2 is 1.95 bits per heavy atom. The Hall–Kier alpha value is -1.52. The Balaban J connectivity index is 1.70. The van der Waals surface area contributed by atoms with E-state index in [1.165, 1.54) is 0 Å². The molecule has 0 saturated carbocycles. The maximum atomic E-state index is 11.8. The normalized spacial score (nSPS) is 10.3. The van der Waals surface area contributed by atoms with E-state index in [-0.39, 0.29) is 5.91 Å². The van der Waals surface area contributed by atoms with Gasteiger partial charge in [-0.2, -0.15) is 0 Å². The number of carbonyl (C=O) groups excluding carboxylic acids is 1. The topological polar surface area (TPSA) is 38.3 Å². The molecule has 0 saturated heterocycles. The number of amides is 1. The summed E-state index contributed by atoms with van der Waals surface area (Å²) in [6.07, 6.45) is 0.368. The van der Waals surface area contributed by atoms with Crippen LogP contribution in [0.4, 0.5) is 0 Å². The van der Waals surface area contributed by atoms with Gasteiger partial charge in [-0.1, -0.05) is 39.7 Å². The SMILES string of the molecule is Cc1cc(OCCNC(=O)Cc2ccc(Br)cc2)ccc1Cl. The summed E-state index contributed by atoms with van der Waals surface area (Å²) in [5.41, 5.74) is 1.95. The summed E-state index contributed by atoms with van der Waals surface area (Å²) in [6.45, 7) is 2.82. The van der Waals surface area contributed by atoms with Gasteiger partial charge < -0.3 is 10.1 Å². The summed E-state index contributed by atoms with van der Waals surface area (Å²) in [5.74, 6) is 0.738. The predicted octanol–water partition coefficient (Wildman–Crippen LogP) is 4.15. The van der Waals surface area contributed by atoms with Gasteiger partial charge in [-0.25, -0.2) is 0 Å². The minimum atomic E-state index is -0.0155. The Labute approximate surface area is 143 Å². The smallest absolute Gasteiger partial charge is 0.224 e. The van der Waals surface area contributed by atoms with Crippen LogP contribution in [0.25, 0.3) is 0 Å². The van der Waals surface area contributed by atoms with Gasteiger partial charge in [-0.05, 0) is 48.4 Å². The Morgan fingerprint density at radius 3 is 2.64 bits per heavy atom. The van der Waals surface area contributed by atoms with Gasteiger partial charge in [-0.15, -0.1) is 0 Å². The fourth-order valence-corrected chi connectivity index (χ4v) is 2.30. The van der Waals surface area contributed by atoms with Gasteiger partial charge in [0, 0.05) is 9.50 Å². The second-order valence-electron chi connectivity index (χ2n) is 4.91. The van der Waals surface area contributed by atoms with Gasteiger partial charge in [0.1, 0.15) is 12.4 Å². The number of nitrogens with one attached hydrogen (secondary N) is 1. The third-order valence-electron chi connectivity index (χ3n) is 3.10. The first kappa shape index (κ1) is 16.8. The summed E-state index contributed by atoms with van der Waals surface area (Å²) in [6, 6.07) is 13.2. The van der Waals surface area contributed by atoms with Crippen molar-refractivity contribution in [3.05, 3.63) is 63.1 Å². The quantitative estimate of drug-likeness (QED) is 0.762. The molecule has 0 unspecified atom stereocenters. The van der Waals surface area contributed by atoms with Crippen LogP contribution in [0.15, 0.2) is 46.9 Å². The zero-order valence-electron chi connectivity index (χ0n) is 12.2. The maximum absolute atomic E-state index is 11.8. The highest BCUT2D eigenvalue weighted by atomic mass is 79.9.